The lowest BCUT2D eigenvalue weighted by Gasteiger charge is -2.27. The molecule has 6 nitrogen and oxygen atoms in total. The number of rotatable bonds is 4. The van der Waals surface area contributed by atoms with Crippen molar-refractivity contribution >= 4 is 53.4 Å². The number of hydrogen-bond donors (Lipinski definition) is 0. The molecule has 0 aliphatic rings. The Balaban J connectivity index is 2.35. The van der Waals surface area contributed by atoms with Crippen molar-refractivity contribution in [2.75, 3.05) is 0 Å². The van der Waals surface area contributed by atoms with Crippen LogP contribution >= 0.6 is 0 Å². The fourth-order valence-corrected chi connectivity index (χ4v) is 5.54. The van der Waals surface area contributed by atoms with Gasteiger partial charge in [-0.3, -0.25) is 14.4 Å². The van der Waals surface area contributed by atoms with E-state index in [4.69, 9.17) is 13.3 Å². The van der Waals surface area contributed by atoms with Crippen LogP contribution in [0.5, 0.6) is 0 Å². The van der Waals surface area contributed by atoms with Crippen LogP contribution in [-0.2, 0) is 27.7 Å². The monoisotopic (exact) mass is 382 g/mol. The van der Waals surface area contributed by atoms with E-state index in [1.807, 2.05) is 42.5 Å². The quantitative estimate of drug-likeness (QED) is 0.510. The van der Waals surface area contributed by atoms with Crippen LogP contribution < -0.4 is 5.19 Å². The Morgan fingerprint density at radius 3 is 1.78 bits per heavy atom. The van der Waals surface area contributed by atoms with Crippen LogP contribution in [0.15, 0.2) is 54.6 Å². The predicted octanol–water partition coefficient (Wildman–Crippen LogP) is 2.83. The highest BCUT2D eigenvalue weighted by molar-refractivity contribution is 6.81. The second-order valence-electron chi connectivity index (χ2n) is 6.02. The van der Waals surface area contributed by atoms with Gasteiger partial charge in [-0.05, 0) is 21.5 Å². The Morgan fingerprint density at radius 1 is 0.630 bits per heavy atom. The van der Waals surface area contributed by atoms with Crippen LogP contribution in [0.1, 0.15) is 20.8 Å². The molecule has 0 aliphatic heterocycles. The summed E-state index contributed by atoms with van der Waals surface area (Å²) >= 11 is 0. The molecule has 0 amide bonds. The number of hydrogen-bond acceptors (Lipinski definition) is 6. The highest BCUT2D eigenvalue weighted by Gasteiger charge is 2.55. The maximum absolute atomic E-state index is 11.8. The molecule has 3 aromatic carbocycles. The minimum absolute atomic E-state index is 0.381. The van der Waals surface area contributed by atoms with E-state index in [1.54, 1.807) is 12.1 Å². The molecule has 0 heterocycles. The van der Waals surface area contributed by atoms with Crippen LogP contribution in [0.3, 0.4) is 0 Å². The van der Waals surface area contributed by atoms with Crippen molar-refractivity contribution in [3.05, 3.63) is 54.6 Å². The van der Waals surface area contributed by atoms with E-state index in [2.05, 4.69) is 0 Å². The first kappa shape index (κ1) is 18.6. The Morgan fingerprint density at radius 2 is 1.19 bits per heavy atom. The van der Waals surface area contributed by atoms with Crippen LogP contribution in [0.2, 0.25) is 0 Å². The highest BCUT2D eigenvalue weighted by atomic mass is 28.4. The van der Waals surface area contributed by atoms with E-state index in [0.29, 0.717) is 10.6 Å². The molecule has 0 N–H and O–H groups in total. The lowest BCUT2D eigenvalue weighted by Crippen LogP contribution is -2.59. The summed E-state index contributed by atoms with van der Waals surface area (Å²) in [5.74, 6) is -2.12. The Hall–Kier alpha value is -3.19. The first-order valence-electron chi connectivity index (χ1n) is 8.32. The molecule has 27 heavy (non-hydrogen) atoms. The maximum atomic E-state index is 11.8. The number of carbonyl (C=O) groups is 3. The van der Waals surface area contributed by atoms with E-state index < -0.39 is 26.7 Å². The molecule has 0 saturated carbocycles. The largest absolute Gasteiger partial charge is 0.743 e. The van der Waals surface area contributed by atoms with Gasteiger partial charge in [0.15, 0.2) is 0 Å². The van der Waals surface area contributed by atoms with E-state index in [0.717, 1.165) is 16.2 Å². The third-order valence-electron chi connectivity index (χ3n) is 3.95. The van der Waals surface area contributed by atoms with Crippen molar-refractivity contribution in [2.24, 2.45) is 0 Å². The van der Waals surface area contributed by atoms with Gasteiger partial charge in [-0.15, -0.1) is 0 Å². The van der Waals surface area contributed by atoms with E-state index in [9.17, 15) is 14.4 Å². The standard InChI is InChI=1S/C20H18O6Si/c1-13(21)24-27(25-14(2)22,26-15(3)23)20-10-6-9-18-17-8-5-4-7-16(17)11-12-19(18)20/h4-12H,1-3H3. The average molecular weight is 382 g/mol. The van der Waals surface area contributed by atoms with Crippen LogP contribution in [-0.4, -0.2) is 26.7 Å². The fourth-order valence-electron chi connectivity index (χ4n) is 3.10. The van der Waals surface area contributed by atoms with Crippen LogP contribution in [0.25, 0.3) is 21.5 Å². The summed E-state index contributed by atoms with van der Waals surface area (Å²) in [5.41, 5.74) is 0. The molecule has 0 aromatic heterocycles. The molecule has 0 aliphatic carbocycles. The molecule has 0 atom stereocenters. The van der Waals surface area contributed by atoms with Crippen molar-refractivity contribution < 1.29 is 27.7 Å². The smallest absolute Gasteiger partial charge is 0.452 e. The van der Waals surface area contributed by atoms with Gasteiger partial charge in [-0.1, -0.05) is 54.6 Å². The zero-order chi connectivity index (χ0) is 19.6. The summed E-state index contributed by atoms with van der Waals surface area (Å²) in [7, 11) is -4.16. The SMILES string of the molecule is CC(=O)O[Si](OC(C)=O)(OC(C)=O)c1cccc2c1ccc1ccccc12. The Bertz CT molecular complexity index is 1020. The first-order chi connectivity index (χ1) is 12.8. The minimum Gasteiger partial charge on any atom is -0.452 e. The van der Waals surface area contributed by atoms with E-state index >= 15 is 0 Å². The summed E-state index contributed by atoms with van der Waals surface area (Å²) in [4.78, 5) is 35.3. The molecular formula is C20H18O6Si. The van der Waals surface area contributed by atoms with Crippen molar-refractivity contribution in [3.63, 3.8) is 0 Å². The molecule has 0 spiro atoms. The zero-order valence-electron chi connectivity index (χ0n) is 15.1. The Kier molecular flexibility index (Phi) is 4.96. The van der Waals surface area contributed by atoms with Gasteiger partial charge in [-0.25, -0.2) is 0 Å². The fraction of sp³-hybridized carbons (Fsp3) is 0.150. The summed E-state index contributed by atoms with van der Waals surface area (Å²) in [6, 6.07) is 16.9. The molecule has 3 rings (SSSR count). The normalized spacial score (nSPS) is 11.2. The van der Waals surface area contributed by atoms with Crippen molar-refractivity contribution in [2.45, 2.75) is 20.8 Å². The molecule has 138 valence electrons. The van der Waals surface area contributed by atoms with Gasteiger partial charge in [0.05, 0.1) is 5.19 Å². The highest BCUT2D eigenvalue weighted by Crippen LogP contribution is 2.26. The molecule has 7 heteroatoms. The van der Waals surface area contributed by atoms with E-state index in [-0.39, 0.29) is 0 Å². The lowest BCUT2D eigenvalue weighted by molar-refractivity contribution is -0.146. The molecule has 0 unspecified atom stereocenters. The topological polar surface area (TPSA) is 78.9 Å². The van der Waals surface area contributed by atoms with E-state index in [1.165, 1.54) is 20.8 Å². The van der Waals surface area contributed by atoms with Gasteiger partial charge in [0, 0.05) is 20.8 Å². The molecule has 0 fully saturated rings. The van der Waals surface area contributed by atoms with Gasteiger partial charge in [0.1, 0.15) is 0 Å². The van der Waals surface area contributed by atoms with Crippen molar-refractivity contribution in [1.29, 1.82) is 0 Å². The van der Waals surface area contributed by atoms with Crippen LogP contribution in [0, 0.1) is 0 Å². The second-order valence-corrected chi connectivity index (χ2v) is 8.29. The predicted molar refractivity (Wildman–Crippen MR) is 102 cm³/mol. The van der Waals surface area contributed by atoms with Crippen molar-refractivity contribution in [1.82, 2.24) is 0 Å². The van der Waals surface area contributed by atoms with Gasteiger partial charge in [0.2, 0.25) is 0 Å². The molecule has 0 bridgehead atoms. The molecule has 0 radical (unpaired) electrons. The number of fused-ring (bicyclic) bond motifs is 3. The Labute approximate surface area is 157 Å². The van der Waals surface area contributed by atoms with Crippen LogP contribution in [0.4, 0.5) is 0 Å². The number of benzene rings is 3. The van der Waals surface area contributed by atoms with Gasteiger partial charge < -0.3 is 13.3 Å². The summed E-state index contributed by atoms with van der Waals surface area (Å²) in [6.07, 6.45) is 0. The third-order valence-corrected chi connectivity index (χ3v) is 6.72. The minimum atomic E-state index is -4.16. The van der Waals surface area contributed by atoms with Crippen molar-refractivity contribution in [3.8, 4) is 0 Å². The summed E-state index contributed by atoms with van der Waals surface area (Å²) in [6.45, 7) is 3.53. The molecule has 0 saturated heterocycles. The molecular weight excluding hydrogens is 364 g/mol. The average Bonchev–Trinajstić information content (AvgIpc) is 2.59. The maximum Gasteiger partial charge on any atom is 0.743 e. The van der Waals surface area contributed by atoms with Gasteiger partial charge in [0.25, 0.3) is 17.9 Å². The summed E-state index contributed by atoms with van der Waals surface area (Å²) in [5, 5.41) is 3.95. The molecule has 3 aromatic rings. The van der Waals surface area contributed by atoms with Gasteiger partial charge >= 0.3 is 8.80 Å². The number of carbonyl (C=O) groups excluding carboxylic acids is 3. The third kappa shape index (κ3) is 3.68. The van der Waals surface area contributed by atoms with Gasteiger partial charge in [-0.2, -0.15) is 0 Å². The zero-order valence-corrected chi connectivity index (χ0v) is 16.1. The second kappa shape index (κ2) is 7.20. The lowest BCUT2D eigenvalue weighted by atomic mass is 10.0. The first-order valence-corrected chi connectivity index (χ1v) is 10.0. The summed E-state index contributed by atoms with van der Waals surface area (Å²) < 4.78 is 16.1.